The summed E-state index contributed by atoms with van der Waals surface area (Å²) in [6.45, 7) is 11.9. The van der Waals surface area contributed by atoms with Gasteiger partial charge in [0.15, 0.2) is 0 Å². The molecule has 0 bridgehead atoms. The molecule has 0 aromatic heterocycles. The third-order valence-electron chi connectivity index (χ3n) is 14.8. The van der Waals surface area contributed by atoms with Gasteiger partial charge in [-0.25, -0.2) is 4.79 Å². The highest BCUT2D eigenvalue weighted by Crippen LogP contribution is 2.41. The molecule has 6 aromatic carbocycles. The highest BCUT2D eigenvalue weighted by molar-refractivity contribution is 6.43. The second-order valence-corrected chi connectivity index (χ2v) is 23.0. The predicted octanol–water partition coefficient (Wildman–Crippen LogP) is 16.4. The van der Waals surface area contributed by atoms with E-state index in [-0.39, 0.29) is 29.9 Å². The Labute approximate surface area is 475 Å². The van der Waals surface area contributed by atoms with Crippen LogP contribution in [0.5, 0.6) is 0 Å². The van der Waals surface area contributed by atoms with Crippen LogP contribution in [0.4, 0.5) is 4.79 Å². The molecular formula is C65H68Cl4N4O4. The maximum atomic E-state index is 14.8. The fourth-order valence-corrected chi connectivity index (χ4v) is 11.5. The minimum absolute atomic E-state index is 0.0303. The van der Waals surface area contributed by atoms with Crippen molar-refractivity contribution in [2.75, 3.05) is 13.1 Å². The first kappa shape index (κ1) is 55.9. The van der Waals surface area contributed by atoms with Crippen molar-refractivity contribution in [1.82, 2.24) is 20.0 Å². The van der Waals surface area contributed by atoms with E-state index in [9.17, 15) is 14.4 Å². The maximum Gasteiger partial charge on any atom is 0.410 e. The Morgan fingerprint density at radius 2 is 1.00 bits per heavy atom. The first-order valence-corrected chi connectivity index (χ1v) is 28.6. The third kappa shape index (κ3) is 13.4. The Kier molecular flexibility index (Phi) is 18.0. The first-order chi connectivity index (χ1) is 37.1. The number of nitrogens with zero attached hydrogens (tertiary/aromatic N) is 3. The van der Waals surface area contributed by atoms with Crippen LogP contribution in [0.25, 0.3) is 33.4 Å². The number of ether oxygens (including phenoxy) is 1. The average Bonchev–Trinajstić information content (AvgIpc) is 4.41. The summed E-state index contributed by atoms with van der Waals surface area (Å²) >= 11 is 25.7. The van der Waals surface area contributed by atoms with Gasteiger partial charge in [0, 0.05) is 48.9 Å². The van der Waals surface area contributed by atoms with Crippen molar-refractivity contribution < 1.29 is 19.1 Å². The van der Waals surface area contributed by atoms with Crippen LogP contribution in [-0.4, -0.2) is 75.5 Å². The van der Waals surface area contributed by atoms with Gasteiger partial charge in [0.1, 0.15) is 5.60 Å². The molecule has 0 unspecified atom stereocenters. The van der Waals surface area contributed by atoms with Gasteiger partial charge in [-0.3, -0.25) is 9.59 Å². The molecule has 0 saturated heterocycles. The lowest BCUT2D eigenvalue weighted by Gasteiger charge is -2.40. The zero-order chi connectivity index (χ0) is 54.4. The van der Waals surface area contributed by atoms with Crippen LogP contribution in [0.15, 0.2) is 157 Å². The number of hydrogen-bond acceptors (Lipinski definition) is 5. The molecule has 2 saturated carbocycles. The van der Waals surface area contributed by atoms with Crippen LogP contribution < -0.4 is 5.32 Å². The Morgan fingerprint density at radius 1 is 0.558 bits per heavy atom. The second-order valence-electron chi connectivity index (χ2n) is 21.4. The van der Waals surface area contributed by atoms with Crippen molar-refractivity contribution in [3.8, 4) is 22.3 Å². The fourth-order valence-electron chi connectivity index (χ4n) is 10.7. The number of rotatable bonds is 14. The van der Waals surface area contributed by atoms with Crippen LogP contribution in [0.1, 0.15) is 108 Å². The Bertz CT molecular complexity index is 3160. The molecule has 2 aliphatic carbocycles. The molecule has 77 heavy (non-hydrogen) atoms. The Hall–Kier alpha value is -5.87. The summed E-state index contributed by atoms with van der Waals surface area (Å²) in [6, 6.07) is 48.7. The highest BCUT2D eigenvalue weighted by atomic mass is 35.5. The SMILES string of the molecule is CC[C@@H]1C(C(=O)N(Cc2cccc(Cl)c2Cl)C2CC2)=C(c2cccc(-c3ccccc3)c2)CCN1C(=O)OC(C)(C)C.CC[C@H]1NCCC(c2cccc(-c3ccccc3)c2)=C1C(=O)N(Cc1cccc(Cl)c1Cl)C1CC1. The highest BCUT2D eigenvalue weighted by Gasteiger charge is 2.43. The van der Waals surface area contributed by atoms with Crippen molar-refractivity contribution >= 4 is 75.5 Å². The number of halogens is 4. The van der Waals surface area contributed by atoms with E-state index in [1.165, 1.54) is 11.1 Å². The number of carbonyl (C=O) groups is 3. The van der Waals surface area contributed by atoms with Crippen LogP contribution in [-0.2, 0) is 27.4 Å². The normalized spacial score (nSPS) is 17.6. The molecule has 12 heteroatoms. The van der Waals surface area contributed by atoms with Gasteiger partial charge in [-0.1, -0.05) is 182 Å². The monoisotopic (exact) mass is 1110 g/mol. The summed E-state index contributed by atoms with van der Waals surface area (Å²) in [6.07, 6.45) is 6.34. The van der Waals surface area contributed by atoms with Crippen LogP contribution in [0, 0.1) is 0 Å². The minimum Gasteiger partial charge on any atom is -0.444 e. The zero-order valence-corrected chi connectivity index (χ0v) is 47.7. The number of nitrogens with one attached hydrogen (secondary N) is 1. The van der Waals surface area contributed by atoms with Gasteiger partial charge in [0.05, 0.1) is 26.1 Å². The average molecular weight is 1110 g/mol. The number of carbonyl (C=O) groups excluding carboxylic acids is 3. The molecule has 2 fully saturated rings. The lowest BCUT2D eigenvalue weighted by Crippen LogP contribution is -2.50. The van der Waals surface area contributed by atoms with Gasteiger partial charge in [-0.2, -0.15) is 0 Å². The molecule has 0 radical (unpaired) electrons. The lowest BCUT2D eigenvalue weighted by molar-refractivity contribution is -0.129. The molecular weight excluding hydrogens is 1040 g/mol. The van der Waals surface area contributed by atoms with Gasteiger partial charge in [-0.15, -0.1) is 0 Å². The van der Waals surface area contributed by atoms with Crippen LogP contribution in [0.2, 0.25) is 20.1 Å². The van der Waals surface area contributed by atoms with Crippen molar-refractivity contribution in [1.29, 1.82) is 0 Å². The van der Waals surface area contributed by atoms with E-state index in [4.69, 9.17) is 51.1 Å². The summed E-state index contributed by atoms with van der Waals surface area (Å²) in [5.41, 5.74) is 11.4. The Balaban J connectivity index is 0.000000191. The molecule has 400 valence electrons. The van der Waals surface area contributed by atoms with Gasteiger partial charge < -0.3 is 24.8 Å². The van der Waals surface area contributed by atoms with Crippen molar-refractivity contribution in [2.45, 2.75) is 129 Å². The van der Waals surface area contributed by atoms with Gasteiger partial charge >= 0.3 is 6.09 Å². The molecule has 2 aliphatic heterocycles. The summed E-state index contributed by atoms with van der Waals surface area (Å²) in [4.78, 5) is 48.1. The van der Waals surface area contributed by atoms with E-state index in [2.05, 4.69) is 91.1 Å². The van der Waals surface area contributed by atoms with Crippen molar-refractivity contribution in [3.63, 3.8) is 0 Å². The van der Waals surface area contributed by atoms with Gasteiger partial charge in [-0.05, 0) is 159 Å². The van der Waals surface area contributed by atoms with Gasteiger partial charge in [0.25, 0.3) is 11.8 Å². The molecule has 3 amide bonds. The molecule has 4 aliphatic rings. The molecule has 10 rings (SSSR count). The zero-order valence-electron chi connectivity index (χ0n) is 44.6. The third-order valence-corrected chi connectivity index (χ3v) is 16.6. The van der Waals surface area contributed by atoms with E-state index in [0.717, 1.165) is 95.2 Å². The quantitative estimate of drug-likeness (QED) is 0.118. The fraction of sp³-hybridized carbons (Fsp3) is 0.338. The second kappa shape index (κ2) is 24.9. The van der Waals surface area contributed by atoms with E-state index >= 15 is 0 Å². The van der Waals surface area contributed by atoms with E-state index in [0.29, 0.717) is 58.1 Å². The standard InChI is InChI=1S/C35H38Cl2N2O3.C30H30Cl2N2O/c1-5-30-31(33(40)39(27-17-18-27)22-26-15-10-16-29(36)32(26)37)28(19-20-38(30)34(41)42-35(2,3)4)25-14-9-13-24(21-25)23-11-7-6-8-12-23;1-2-27-28(30(35)34(24-14-15-24)19-23-12-7-13-26(31)29(23)32)25(16-17-33-27)22-11-6-10-21(18-22)20-8-4-3-5-9-20/h6-16,21,27,30H,5,17-20,22H2,1-4H3;3-13,18,24,27,33H,2,14-17,19H2,1H3/t30-;27-/m11/s1. The molecule has 1 N–H and O–H groups in total. The smallest absolute Gasteiger partial charge is 0.410 e. The lowest BCUT2D eigenvalue weighted by atomic mass is 9.85. The van der Waals surface area contributed by atoms with E-state index < -0.39 is 17.7 Å². The van der Waals surface area contributed by atoms with E-state index in [1.54, 1.807) is 17.0 Å². The minimum atomic E-state index is -0.642. The molecule has 2 atom stereocenters. The Morgan fingerprint density at radius 3 is 1.45 bits per heavy atom. The molecule has 8 nitrogen and oxygen atoms in total. The topological polar surface area (TPSA) is 82.2 Å². The van der Waals surface area contributed by atoms with E-state index in [1.807, 2.05) is 92.1 Å². The van der Waals surface area contributed by atoms with Gasteiger partial charge in [0.2, 0.25) is 0 Å². The summed E-state index contributed by atoms with van der Waals surface area (Å²) in [7, 11) is 0. The number of benzene rings is 6. The molecule has 0 spiro atoms. The summed E-state index contributed by atoms with van der Waals surface area (Å²) < 4.78 is 5.81. The summed E-state index contributed by atoms with van der Waals surface area (Å²) in [5.74, 6) is 0.0523. The molecule has 6 aromatic rings. The van der Waals surface area contributed by atoms with Crippen LogP contribution in [0.3, 0.4) is 0 Å². The number of amides is 3. The largest absolute Gasteiger partial charge is 0.444 e. The predicted molar refractivity (Wildman–Crippen MR) is 316 cm³/mol. The number of hydrogen-bond donors (Lipinski definition) is 1. The summed E-state index contributed by atoms with van der Waals surface area (Å²) in [5, 5.41) is 5.58. The molecule has 2 heterocycles. The maximum absolute atomic E-state index is 14.8. The van der Waals surface area contributed by atoms with Crippen molar-refractivity contribution in [3.05, 3.63) is 199 Å². The first-order valence-electron chi connectivity index (χ1n) is 27.1. The van der Waals surface area contributed by atoms with Crippen LogP contribution >= 0.6 is 46.4 Å². The van der Waals surface area contributed by atoms with Crippen molar-refractivity contribution in [2.24, 2.45) is 0 Å².